The molecule has 5 nitrogen and oxygen atoms in total. The molecule has 114 valence electrons. The summed E-state index contributed by atoms with van der Waals surface area (Å²) in [5.74, 6) is -5.62. The molecular formula is C14H16F2N2O3. The van der Waals surface area contributed by atoms with Crippen molar-refractivity contribution in [2.24, 2.45) is 0 Å². The summed E-state index contributed by atoms with van der Waals surface area (Å²) in [6.07, 6.45) is 0.300. The summed E-state index contributed by atoms with van der Waals surface area (Å²) < 4.78 is 27.7. The van der Waals surface area contributed by atoms with Gasteiger partial charge in [-0.15, -0.1) is 0 Å². The van der Waals surface area contributed by atoms with E-state index in [1.807, 2.05) is 0 Å². The third-order valence-corrected chi connectivity index (χ3v) is 3.51. The molecule has 0 atom stereocenters. The van der Waals surface area contributed by atoms with Crippen LogP contribution in [0.4, 0.5) is 20.2 Å². The molecule has 1 aromatic rings. The Bertz CT molecular complexity index is 554. The zero-order valence-corrected chi connectivity index (χ0v) is 11.5. The highest BCUT2D eigenvalue weighted by Crippen LogP contribution is 2.44. The Labute approximate surface area is 120 Å². The van der Waals surface area contributed by atoms with Gasteiger partial charge in [0, 0.05) is 18.3 Å². The lowest BCUT2D eigenvalue weighted by molar-refractivity contribution is -0.212. The van der Waals surface area contributed by atoms with Gasteiger partial charge in [-0.05, 0) is 43.5 Å². The van der Waals surface area contributed by atoms with Crippen LogP contribution < -0.4 is 10.6 Å². The van der Waals surface area contributed by atoms with Crippen molar-refractivity contribution in [2.75, 3.05) is 10.6 Å². The zero-order chi connectivity index (χ0) is 15.7. The standard InChI is InChI=1S/C14H16F2N2O3/c1-9(19)17-10-3-5-11(6-4-10)18-12(20)14(15,16)13(21)7-2-8-13/h3-6,21H,2,7-8H2,1H3,(H,17,19)(H,18,20). The smallest absolute Gasteiger partial charge is 0.352 e. The highest BCUT2D eigenvalue weighted by molar-refractivity contribution is 5.97. The Kier molecular flexibility index (Phi) is 3.95. The van der Waals surface area contributed by atoms with E-state index in [0.29, 0.717) is 12.1 Å². The van der Waals surface area contributed by atoms with Crippen LogP contribution in [0.25, 0.3) is 0 Å². The Balaban J connectivity index is 2.04. The summed E-state index contributed by atoms with van der Waals surface area (Å²) in [7, 11) is 0. The number of amides is 2. The molecule has 2 rings (SSSR count). The van der Waals surface area contributed by atoms with Crippen molar-refractivity contribution >= 4 is 23.2 Å². The topological polar surface area (TPSA) is 78.4 Å². The van der Waals surface area contributed by atoms with Crippen molar-refractivity contribution in [3.8, 4) is 0 Å². The number of halogens is 2. The molecule has 0 radical (unpaired) electrons. The molecule has 0 spiro atoms. The Morgan fingerprint density at radius 1 is 1.14 bits per heavy atom. The Hall–Kier alpha value is -2.02. The highest BCUT2D eigenvalue weighted by atomic mass is 19.3. The zero-order valence-electron chi connectivity index (χ0n) is 11.5. The van der Waals surface area contributed by atoms with Gasteiger partial charge in [0.2, 0.25) is 5.91 Å². The lowest BCUT2D eigenvalue weighted by Gasteiger charge is -2.41. The average molecular weight is 298 g/mol. The van der Waals surface area contributed by atoms with Crippen LogP contribution in [0.5, 0.6) is 0 Å². The molecule has 3 N–H and O–H groups in total. The Morgan fingerprint density at radius 2 is 1.62 bits per heavy atom. The lowest BCUT2D eigenvalue weighted by atomic mass is 9.75. The van der Waals surface area contributed by atoms with Crippen LogP contribution in [-0.4, -0.2) is 28.4 Å². The number of rotatable bonds is 4. The minimum Gasteiger partial charge on any atom is -0.383 e. The third kappa shape index (κ3) is 3.02. The van der Waals surface area contributed by atoms with Gasteiger partial charge in [0.15, 0.2) is 0 Å². The number of alkyl halides is 2. The predicted molar refractivity (Wildman–Crippen MR) is 73.1 cm³/mol. The third-order valence-electron chi connectivity index (χ3n) is 3.51. The molecular weight excluding hydrogens is 282 g/mol. The number of nitrogens with one attached hydrogen (secondary N) is 2. The first-order valence-electron chi connectivity index (χ1n) is 6.54. The maximum Gasteiger partial charge on any atom is 0.352 e. The second-order valence-electron chi connectivity index (χ2n) is 5.17. The van der Waals surface area contributed by atoms with Crippen LogP contribution in [0.3, 0.4) is 0 Å². The molecule has 1 aliphatic rings. The van der Waals surface area contributed by atoms with Gasteiger partial charge in [0.1, 0.15) is 5.60 Å². The second kappa shape index (κ2) is 5.40. The maximum atomic E-state index is 13.9. The van der Waals surface area contributed by atoms with Gasteiger partial charge < -0.3 is 15.7 Å². The molecule has 1 aliphatic carbocycles. The molecule has 2 amide bonds. The number of carbonyl (C=O) groups is 2. The van der Waals surface area contributed by atoms with Gasteiger partial charge in [-0.25, -0.2) is 0 Å². The van der Waals surface area contributed by atoms with Gasteiger partial charge in [-0.2, -0.15) is 8.78 Å². The molecule has 21 heavy (non-hydrogen) atoms. The molecule has 0 heterocycles. The SMILES string of the molecule is CC(=O)Nc1ccc(NC(=O)C(F)(F)C2(O)CCC2)cc1. The van der Waals surface area contributed by atoms with Crippen molar-refractivity contribution in [3.05, 3.63) is 24.3 Å². The predicted octanol–water partition coefficient (Wildman–Crippen LogP) is 2.13. The molecule has 1 fully saturated rings. The van der Waals surface area contributed by atoms with Crippen LogP contribution in [-0.2, 0) is 9.59 Å². The molecule has 1 aromatic carbocycles. The van der Waals surface area contributed by atoms with Gasteiger partial charge in [0.25, 0.3) is 5.91 Å². The first-order chi connectivity index (χ1) is 9.74. The molecule has 0 unspecified atom stereocenters. The van der Waals surface area contributed by atoms with Crippen molar-refractivity contribution in [1.29, 1.82) is 0 Å². The molecule has 0 aromatic heterocycles. The number of aliphatic hydroxyl groups is 1. The summed E-state index contributed by atoms with van der Waals surface area (Å²) in [5, 5.41) is 14.3. The summed E-state index contributed by atoms with van der Waals surface area (Å²) in [5.41, 5.74) is -1.59. The minimum absolute atomic E-state index is 0.0884. The number of benzene rings is 1. The van der Waals surface area contributed by atoms with Crippen molar-refractivity contribution in [3.63, 3.8) is 0 Å². The quantitative estimate of drug-likeness (QED) is 0.797. The summed E-state index contributed by atoms with van der Waals surface area (Å²) in [6, 6.07) is 5.74. The second-order valence-corrected chi connectivity index (χ2v) is 5.17. The van der Waals surface area contributed by atoms with Crippen molar-refractivity contribution in [2.45, 2.75) is 37.7 Å². The molecule has 0 aliphatic heterocycles. The van der Waals surface area contributed by atoms with Crippen LogP contribution in [0.2, 0.25) is 0 Å². The fraction of sp³-hybridized carbons (Fsp3) is 0.429. The molecule has 0 saturated heterocycles. The van der Waals surface area contributed by atoms with Crippen molar-refractivity contribution in [1.82, 2.24) is 0 Å². The van der Waals surface area contributed by atoms with Gasteiger partial charge in [0.05, 0.1) is 0 Å². The summed E-state index contributed by atoms with van der Waals surface area (Å²) in [4.78, 5) is 22.5. The summed E-state index contributed by atoms with van der Waals surface area (Å²) in [6.45, 7) is 1.34. The van der Waals surface area contributed by atoms with E-state index in [-0.39, 0.29) is 24.4 Å². The normalized spacial score (nSPS) is 16.8. The van der Waals surface area contributed by atoms with E-state index in [1.165, 1.54) is 31.2 Å². The van der Waals surface area contributed by atoms with E-state index in [0.717, 1.165) is 0 Å². The van der Waals surface area contributed by atoms with Gasteiger partial charge in [-0.1, -0.05) is 0 Å². The van der Waals surface area contributed by atoms with Crippen LogP contribution in [0.15, 0.2) is 24.3 Å². The van der Waals surface area contributed by atoms with Crippen molar-refractivity contribution < 1.29 is 23.5 Å². The summed E-state index contributed by atoms with van der Waals surface area (Å²) >= 11 is 0. The van der Waals surface area contributed by atoms with Crippen LogP contribution >= 0.6 is 0 Å². The first-order valence-corrected chi connectivity index (χ1v) is 6.54. The van der Waals surface area contributed by atoms with Gasteiger partial charge >= 0.3 is 5.92 Å². The molecule has 1 saturated carbocycles. The minimum atomic E-state index is -3.83. The maximum absolute atomic E-state index is 13.9. The largest absolute Gasteiger partial charge is 0.383 e. The fourth-order valence-electron chi connectivity index (χ4n) is 2.09. The van der Waals surface area contributed by atoms with Gasteiger partial charge in [-0.3, -0.25) is 9.59 Å². The van der Waals surface area contributed by atoms with Crippen LogP contribution in [0.1, 0.15) is 26.2 Å². The molecule has 7 heteroatoms. The number of hydrogen-bond donors (Lipinski definition) is 3. The average Bonchev–Trinajstić information content (AvgIpc) is 2.37. The van der Waals surface area contributed by atoms with Crippen LogP contribution in [0, 0.1) is 0 Å². The molecule has 0 bridgehead atoms. The number of carbonyl (C=O) groups excluding carboxylic acids is 2. The Morgan fingerprint density at radius 3 is 2.00 bits per heavy atom. The first kappa shape index (κ1) is 15.4. The fourth-order valence-corrected chi connectivity index (χ4v) is 2.09. The van der Waals surface area contributed by atoms with E-state index >= 15 is 0 Å². The van der Waals surface area contributed by atoms with E-state index in [2.05, 4.69) is 10.6 Å². The monoisotopic (exact) mass is 298 g/mol. The number of anilines is 2. The number of hydrogen-bond acceptors (Lipinski definition) is 3. The van der Waals surface area contributed by atoms with E-state index in [4.69, 9.17) is 0 Å². The highest BCUT2D eigenvalue weighted by Gasteiger charge is 2.61. The van der Waals surface area contributed by atoms with E-state index in [1.54, 1.807) is 0 Å². The van der Waals surface area contributed by atoms with E-state index < -0.39 is 17.4 Å². The van der Waals surface area contributed by atoms with E-state index in [9.17, 15) is 23.5 Å². The lowest BCUT2D eigenvalue weighted by Crippen LogP contribution is -2.59.